The Balaban J connectivity index is 2.46. The van der Waals surface area contributed by atoms with E-state index < -0.39 is 20.0 Å². The molecule has 1 fully saturated rings. The quantitative estimate of drug-likeness (QED) is 0.802. The summed E-state index contributed by atoms with van der Waals surface area (Å²) in [5, 5.41) is 0. The topological polar surface area (TPSA) is 74.8 Å². The van der Waals surface area contributed by atoms with E-state index in [0.29, 0.717) is 6.54 Å². The maximum absolute atomic E-state index is 12.9. The van der Waals surface area contributed by atoms with E-state index in [0.717, 1.165) is 17.1 Å². The fourth-order valence-corrected chi connectivity index (χ4v) is 5.77. The number of rotatable bonds is 5. The van der Waals surface area contributed by atoms with E-state index in [1.165, 1.54) is 42.7 Å². The second kappa shape index (κ2) is 6.51. The molecule has 0 spiro atoms. The molecule has 0 aliphatic carbocycles. The van der Waals surface area contributed by atoms with Gasteiger partial charge in [0, 0.05) is 26.7 Å². The molecule has 0 N–H and O–H groups in total. The molecule has 0 saturated carbocycles. The molecule has 1 saturated heterocycles. The minimum Gasteiger partial charge on any atom is -0.207 e. The summed E-state index contributed by atoms with van der Waals surface area (Å²) in [4.78, 5) is 0.0249. The van der Waals surface area contributed by atoms with Crippen LogP contribution in [0.2, 0.25) is 0 Å². The highest BCUT2D eigenvalue weighted by molar-refractivity contribution is 7.90. The van der Waals surface area contributed by atoms with E-state index in [-0.39, 0.29) is 21.8 Å². The lowest BCUT2D eigenvalue weighted by Crippen LogP contribution is -2.38. The average Bonchev–Trinajstić information content (AvgIpc) is 2.97. The van der Waals surface area contributed by atoms with Crippen molar-refractivity contribution in [3.63, 3.8) is 0 Å². The molecule has 1 atom stereocenters. The van der Waals surface area contributed by atoms with Crippen molar-refractivity contribution < 1.29 is 16.8 Å². The Labute approximate surface area is 139 Å². The van der Waals surface area contributed by atoms with Gasteiger partial charge in [-0.2, -0.15) is 4.31 Å². The smallest absolute Gasteiger partial charge is 0.207 e. The van der Waals surface area contributed by atoms with Gasteiger partial charge in [-0.15, -0.1) is 0 Å². The summed E-state index contributed by atoms with van der Waals surface area (Å²) >= 11 is 0. The lowest BCUT2D eigenvalue weighted by molar-refractivity contribution is 0.315. The molecule has 0 amide bonds. The lowest BCUT2D eigenvalue weighted by Gasteiger charge is -2.27. The first-order chi connectivity index (χ1) is 10.6. The van der Waals surface area contributed by atoms with Gasteiger partial charge in [0.1, 0.15) is 0 Å². The maximum Gasteiger partial charge on any atom is 0.243 e. The molecule has 1 unspecified atom stereocenters. The van der Waals surface area contributed by atoms with E-state index in [4.69, 9.17) is 0 Å². The van der Waals surface area contributed by atoms with Crippen LogP contribution in [0.3, 0.4) is 0 Å². The summed E-state index contributed by atoms with van der Waals surface area (Å²) in [5.74, 6) is 0.223. The average molecular weight is 361 g/mol. The van der Waals surface area contributed by atoms with Gasteiger partial charge in [0.15, 0.2) is 0 Å². The van der Waals surface area contributed by atoms with E-state index in [2.05, 4.69) is 0 Å². The van der Waals surface area contributed by atoms with Crippen LogP contribution in [0.4, 0.5) is 0 Å². The third-order valence-corrected chi connectivity index (χ3v) is 7.94. The number of hydrogen-bond acceptors (Lipinski definition) is 4. The number of sulfonamides is 2. The van der Waals surface area contributed by atoms with Gasteiger partial charge < -0.3 is 0 Å². The first kappa shape index (κ1) is 18.4. The van der Waals surface area contributed by atoms with E-state index in [1.54, 1.807) is 0 Å². The van der Waals surface area contributed by atoms with Crippen molar-refractivity contribution in [3.05, 3.63) is 24.3 Å². The van der Waals surface area contributed by atoms with E-state index in [9.17, 15) is 16.8 Å². The van der Waals surface area contributed by atoms with Gasteiger partial charge in [0.25, 0.3) is 0 Å². The van der Waals surface area contributed by atoms with Crippen LogP contribution in [-0.2, 0) is 20.0 Å². The van der Waals surface area contributed by atoms with Crippen LogP contribution < -0.4 is 0 Å². The monoisotopic (exact) mass is 360 g/mol. The van der Waals surface area contributed by atoms with Crippen LogP contribution in [-0.4, -0.2) is 52.1 Å². The lowest BCUT2D eigenvalue weighted by atomic mass is 10.0. The Bertz CT molecular complexity index is 770. The molecule has 1 aliphatic heterocycles. The highest BCUT2D eigenvalue weighted by atomic mass is 32.2. The largest absolute Gasteiger partial charge is 0.243 e. The SMILES string of the molecule is CC(C)C1CCCN1S(=O)(=O)c1cccc(S(=O)(=O)N(C)C)c1. The zero-order chi connectivity index (χ0) is 17.4. The van der Waals surface area contributed by atoms with Gasteiger partial charge in [-0.3, -0.25) is 0 Å². The number of hydrogen-bond donors (Lipinski definition) is 0. The van der Waals surface area contributed by atoms with Gasteiger partial charge in [-0.05, 0) is 37.0 Å². The van der Waals surface area contributed by atoms with Crippen molar-refractivity contribution in [3.8, 4) is 0 Å². The predicted octanol–water partition coefficient (Wildman–Crippen LogP) is 1.75. The van der Waals surface area contributed by atoms with Crippen molar-refractivity contribution in [1.29, 1.82) is 0 Å². The van der Waals surface area contributed by atoms with Crippen molar-refractivity contribution in [2.75, 3.05) is 20.6 Å². The van der Waals surface area contributed by atoms with E-state index >= 15 is 0 Å². The molecule has 1 heterocycles. The molecule has 6 nitrogen and oxygen atoms in total. The number of benzene rings is 1. The molecular formula is C15H24N2O4S2. The van der Waals surface area contributed by atoms with Crippen molar-refractivity contribution in [1.82, 2.24) is 8.61 Å². The summed E-state index contributed by atoms with van der Waals surface area (Å²) in [6.45, 7) is 4.49. The van der Waals surface area contributed by atoms with Crippen LogP contribution in [0.25, 0.3) is 0 Å². The summed E-state index contributed by atoms with van der Waals surface area (Å²) in [5.41, 5.74) is 0. The fraction of sp³-hybridized carbons (Fsp3) is 0.600. The molecular weight excluding hydrogens is 336 g/mol. The first-order valence-corrected chi connectivity index (χ1v) is 10.5. The predicted molar refractivity (Wildman–Crippen MR) is 89.1 cm³/mol. The third kappa shape index (κ3) is 3.45. The summed E-state index contributed by atoms with van der Waals surface area (Å²) in [6.07, 6.45) is 1.67. The van der Waals surface area contributed by atoms with E-state index in [1.807, 2.05) is 13.8 Å². The van der Waals surface area contributed by atoms with Crippen LogP contribution in [0.15, 0.2) is 34.1 Å². The van der Waals surface area contributed by atoms with Crippen LogP contribution in [0, 0.1) is 5.92 Å². The second-order valence-electron chi connectivity index (χ2n) is 6.33. The highest BCUT2D eigenvalue weighted by Crippen LogP contribution is 2.31. The fourth-order valence-electron chi connectivity index (χ4n) is 2.87. The second-order valence-corrected chi connectivity index (χ2v) is 10.4. The highest BCUT2D eigenvalue weighted by Gasteiger charge is 2.37. The molecule has 2 rings (SSSR count). The standard InChI is InChI=1S/C15H24N2O4S2/c1-12(2)15-9-6-10-17(15)23(20,21)14-8-5-7-13(11-14)22(18,19)16(3)4/h5,7-8,11-12,15H,6,9-10H2,1-4H3. The summed E-state index contributed by atoms with van der Waals surface area (Å²) in [7, 11) is -4.51. The Morgan fingerprint density at radius 2 is 1.74 bits per heavy atom. The first-order valence-electron chi connectivity index (χ1n) is 7.63. The molecule has 0 radical (unpaired) electrons. The Hall–Kier alpha value is -0.960. The summed E-state index contributed by atoms with van der Waals surface area (Å²) < 4.78 is 52.9. The van der Waals surface area contributed by atoms with Crippen LogP contribution in [0.5, 0.6) is 0 Å². The minimum atomic E-state index is -3.69. The molecule has 130 valence electrons. The molecule has 0 aromatic heterocycles. The normalized spacial score (nSPS) is 20.5. The van der Waals surface area contributed by atoms with Crippen LogP contribution >= 0.6 is 0 Å². The molecule has 1 aromatic carbocycles. The zero-order valence-corrected chi connectivity index (χ0v) is 15.6. The van der Waals surface area contributed by atoms with Crippen LogP contribution in [0.1, 0.15) is 26.7 Å². The molecule has 1 aromatic rings. The van der Waals surface area contributed by atoms with Crippen molar-refractivity contribution in [2.45, 2.75) is 42.5 Å². The minimum absolute atomic E-state index is 0.0103. The Kier molecular flexibility index (Phi) is 5.20. The zero-order valence-electron chi connectivity index (χ0n) is 13.9. The van der Waals surface area contributed by atoms with Gasteiger partial charge in [-0.1, -0.05) is 19.9 Å². The Morgan fingerprint density at radius 3 is 2.30 bits per heavy atom. The molecule has 8 heteroatoms. The van der Waals surface area contributed by atoms with Crippen molar-refractivity contribution in [2.24, 2.45) is 5.92 Å². The summed E-state index contributed by atoms with van der Waals surface area (Å²) in [6, 6.07) is 5.57. The van der Waals surface area contributed by atoms with Gasteiger partial charge in [-0.25, -0.2) is 21.1 Å². The molecule has 23 heavy (non-hydrogen) atoms. The Morgan fingerprint density at radius 1 is 1.13 bits per heavy atom. The maximum atomic E-state index is 12.9. The van der Waals surface area contributed by atoms with Crippen molar-refractivity contribution >= 4 is 20.0 Å². The molecule has 1 aliphatic rings. The van der Waals surface area contributed by atoms with Gasteiger partial charge in [0.2, 0.25) is 20.0 Å². The van der Waals surface area contributed by atoms with Gasteiger partial charge >= 0.3 is 0 Å². The number of nitrogens with zero attached hydrogens (tertiary/aromatic N) is 2. The third-order valence-electron chi connectivity index (χ3n) is 4.21. The molecule has 0 bridgehead atoms. The van der Waals surface area contributed by atoms with Gasteiger partial charge in [0.05, 0.1) is 9.79 Å².